The van der Waals surface area contributed by atoms with Gasteiger partial charge in [-0.3, -0.25) is 9.19 Å². The lowest BCUT2D eigenvalue weighted by Crippen LogP contribution is -2.07. The van der Waals surface area contributed by atoms with Gasteiger partial charge in [-0.15, -0.1) is 0 Å². The second kappa shape index (κ2) is 7.81. The molecule has 0 saturated carbocycles. The van der Waals surface area contributed by atoms with Gasteiger partial charge in [0.1, 0.15) is 5.82 Å². The molecule has 3 rings (SSSR count). The maximum absolute atomic E-state index is 14.3. The number of halogens is 4. The Hall–Kier alpha value is -2.58. The quantitative estimate of drug-likeness (QED) is 0.437. The van der Waals surface area contributed by atoms with E-state index in [1.54, 1.807) is 12.1 Å². The Labute approximate surface area is 161 Å². The summed E-state index contributed by atoms with van der Waals surface area (Å²) in [7, 11) is 0. The smallest absolute Gasteiger partial charge is 0.416 e. The lowest BCUT2D eigenvalue weighted by molar-refractivity contribution is -0.138. The van der Waals surface area contributed by atoms with Gasteiger partial charge in [-0.25, -0.2) is 4.39 Å². The van der Waals surface area contributed by atoms with Crippen LogP contribution in [0.5, 0.6) is 0 Å². The second-order valence-electron chi connectivity index (χ2n) is 6.20. The number of pyridine rings is 1. The summed E-state index contributed by atoms with van der Waals surface area (Å²) in [5.41, 5.74) is 1.49. The minimum atomic E-state index is -4.44. The predicted octanol–water partition coefficient (Wildman–Crippen LogP) is 5.26. The molecule has 3 nitrogen and oxygen atoms in total. The van der Waals surface area contributed by atoms with Crippen LogP contribution >= 0.6 is 0 Å². The van der Waals surface area contributed by atoms with Crippen molar-refractivity contribution in [3.05, 3.63) is 77.4 Å². The molecule has 146 valence electrons. The molecule has 0 N–H and O–H groups in total. The van der Waals surface area contributed by atoms with Crippen LogP contribution < -0.4 is 0 Å². The van der Waals surface area contributed by atoms with Gasteiger partial charge in [0.2, 0.25) is 0 Å². The Morgan fingerprint density at radius 1 is 1.04 bits per heavy atom. The molecular formula is C20H14F4NO2S-. The molecule has 0 radical (unpaired) electrons. The van der Waals surface area contributed by atoms with E-state index in [-0.39, 0.29) is 11.1 Å². The first-order chi connectivity index (χ1) is 13.2. The molecule has 1 heterocycles. The molecule has 0 amide bonds. The number of rotatable bonds is 4. The van der Waals surface area contributed by atoms with Crippen LogP contribution in [0.25, 0.3) is 22.3 Å². The topological polar surface area (TPSA) is 53.0 Å². The standard InChI is InChI=1S/C20H15F4NO2S/c1-12-8-13(4-5-18(12)20(22,23)24)16-6-7-25-10-17(16)14-2-3-15(11-28(26)27)19(21)9-14/h2-10H,11H2,1H3,(H,26,27)/p-1. The normalized spacial score (nSPS) is 12.8. The second-order valence-corrected chi connectivity index (χ2v) is 7.10. The Bertz CT molecular complexity index is 1050. The molecule has 0 spiro atoms. The molecule has 1 aromatic heterocycles. The van der Waals surface area contributed by atoms with Gasteiger partial charge in [0.15, 0.2) is 0 Å². The maximum atomic E-state index is 14.3. The Morgan fingerprint density at radius 2 is 1.71 bits per heavy atom. The van der Waals surface area contributed by atoms with Crippen molar-refractivity contribution in [3.63, 3.8) is 0 Å². The Morgan fingerprint density at radius 3 is 2.32 bits per heavy atom. The van der Waals surface area contributed by atoms with E-state index in [1.807, 2.05) is 0 Å². The van der Waals surface area contributed by atoms with Gasteiger partial charge in [-0.2, -0.15) is 13.2 Å². The van der Waals surface area contributed by atoms with Crippen molar-refractivity contribution in [2.75, 3.05) is 0 Å². The van der Waals surface area contributed by atoms with Crippen molar-refractivity contribution >= 4 is 11.1 Å². The lowest BCUT2D eigenvalue weighted by Gasteiger charge is -2.14. The molecule has 0 aliphatic rings. The first kappa shape index (κ1) is 20.2. The minimum absolute atomic E-state index is 0.0351. The highest BCUT2D eigenvalue weighted by atomic mass is 32.2. The fourth-order valence-corrected chi connectivity index (χ4v) is 3.47. The van der Waals surface area contributed by atoms with Gasteiger partial charge in [0.05, 0.1) is 5.56 Å². The molecule has 1 atom stereocenters. The highest BCUT2D eigenvalue weighted by molar-refractivity contribution is 7.78. The van der Waals surface area contributed by atoms with Gasteiger partial charge < -0.3 is 4.55 Å². The molecule has 28 heavy (non-hydrogen) atoms. The third-order valence-electron chi connectivity index (χ3n) is 4.30. The fourth-order valence-electron chi connectivity index (χ4n) is 2.98. The van der Waals surface area contributed by atoms with Crippen molar-refractivity contribution in [2.24, 2.45) is 0 Å². The summed E-state index contributed by atoms with van der Waals surface area (Å²) >= 11 is -2.42. The third kappa shape index (κ3) is 4.28. The third-order valence-corrected chi connectivity index (χ3v) is 4.85. The lowest BCUT2D eigenvalue weighted by atomic mass is 9.93. The van der Waals surface area contributed by atoms with Crippen LogP contribution in [0.2, 0.25) is 0 Å². The van der Waals surface area contributed by atoms with Gasteiger partial charge in [0, 0.05) is 23.7 Å². The molecule has 0 bridgehead atoms. The molecule has 0 saturated heterocycles. The zero-order valence-electron chi connectivity index (χ0n) is 14.6. The summed E-state index contributed by atoms with van der Waals surface area (Å²) in [6.45, 7) is 1.38. The Balaban J connectivity index is 2.07. The summed E-state index contributed by atoms with van der Waals surface area (Å²) in [5, 5.41) is 0. The van der Waals surface area contributed by atoms with Crippen LogP contribution in [0, 0.1) is 12.7 Å². The number of benzene rings is 2. The average Bonchev–Trinajstić information content (AvgIpc) is 2.62. The van der Waals surface area contributed by atoms with Crippen molar-refractivity contribution in [1.29, 1.82) is 0 Å². The molecule has 8 heteroatoms. The predicted molar refractivity (Wildman–Crippen MR) is 97.4 cm³/mol. The summed E-state index contributed by atoms with van der Waals surface area (Å²) < 4.78 is 74.8. The largest absolute Gasteiger partial charge is 0.772 e. The zero-order valence-corrected chi connectivity index (χ0v) is 15.4. The Kier molecular flexibility index (Phi) is 5.62. The van der Waals surface area contributed by atoms with Crippen LogP contribution in [0.4, 0.5) is 17.6 Å². The maximum Gasteiger partial charge on any atom is 0.416 e. The highest BCUT2D eigenvalue weighted by Crippen LogP contribution is 2.37. The van der Waals surface area contributed by atoms with Crippen LogP contribution in [0.3, 0.4) is 0 Å². The fraction of sp³-hybridized carbons (Fsp3) is 0.150. The van der Waals surface area contributed by atoms with Gasteiger partial charge in [-0.1, -0.05) is 35.3 Å². The summed E-state index contributed by atoms with van der Waals surface area (Å²) in [6, 6.07) is 9.56. The van der Waals surface area contributed by atoms with Crippen LogP contribution in [-0.2, 0) is 23.0 Å². The molecule has 1 unspecified atom stereocenters. The van der Waals surface area contributed by atoms with E-state index in [0.717, 1.165) is 6.07 Å². The van der Waals surface area contributed by atoms with Crippen molar-refractivity contribution in [2.45, 2.75) is 18.9 Å². The molecule has 0 fully saturated rings. The first-order valence-electron chi connectivity index (χ1n) is 8.13. The number of aromatic nitrogens is 1. The average molecular weight is 408 g/mol. The molecule has 2 aromatic carbocycles. The van der Waals surface area contributed by atoms with Crippen LogP contribution in [0.15, 0.2) is 54.9 Å². The van der Waals surface area contributed by atoms with E-state index in [0.29, 0.717) is 22.3 Å². The van der Waals surface area contributed by atoms with E-state index < -0.39 is 34.4 Å². The van der Waals surface area contributed by atoms with E-state index in [2.05, 4.69) is 4.98 Å². The van der Waals surface area contributed by atoms with Crippen LogP contribution in [-0.4, -0.2) is 13.7 Å². The zero-order chi connectivity index (χ0) is 20.5. The van der Waals surface area contributed by atoms with E-state index >= 15 is 0 Å². The molecule has 0 aliphatic carbocycles. The summed E-state index contributed by atoms with van der Waals surface area (Å²) in [5.74, 6) is -1.12. The van der Waals surface area contributed by atoms with Crippen molar-refractivity contribution < 1.29 is 26.3 Å². The molecule has 3 aromatic rings. The highest BCUT2D eigenvalue weighted by Gasteiger charge is 2.32. The minimum Gasteiger partial charge on any atom is -0.772 e. The molecular weight excluding hydrogens is 394 g/mol. The number of nitrogens with zero attached hydrogens (tertiary/aromatic N) is 1. The van der Waals surface area contributed by atoms with Gasteiger partial charge >= 0.3 is 6.18 Å². The number of aryl methyl sites for hydroxylation is 1. The van der Waals surface area contributed by atoms with E-state index in [1.165, 1.54) is 43.6 Å². The number of hydrogen-bond acceptors (Lipinski definition) is 3. The van der Waals surface area contributed by atoms with Gasteiger partial charge in [-0.05, 0) is 52.9 Å². The van der Waals surface area contributed by atoms with Gasteiger partial charge in [0.25, 0.3) is 0 Å². The van der Waals surface area contributed by atoms with E-state index in [9.17, 15) is 26.3 Å². The monoisotopic (exact) mass is 408 g/mol. The van der Waals surface area contributed by atoms with Crippen molar-refractivity contribution in [1.82, 2.24) is 4.98 Å². The van der Waals surface area contributed by atoms with E-state index in [4.69, 9.17) is 0 Å². The number of hydrogen-bond donors (Lipinski definition) is 0. The first-order valence-corrected chi connectivity index (χ1v) is 9.38. The number of alkyl halides is 3. The summed E-state index contributed by atoms with van der Waals surface area (Å²) in [4.78, 5) is 4.03. The van der Waals surface area contributed by atoms with Crippen LogP contribution in [0.1, 0.15) is 16.7 Å². The summed E-state index contributed by atoms with van der Waals surface area (Å²) in [6.07, 6.45) is -1.45. The van der Waals surface area contributed by atoms with Crippen molar-refractivity contribution in [3.8, 4) is 22.3 Å². The SMILES string of the molecule is Cc1cc(-c2ccncc2-c2ccc(CS(=O)[O-])c(F)c2)ccc1C(F)(F)F. The molecule has 0 aliphatic heterocycles.